The molecule has 0 bridgehead atoms. The summed E-state index contributed by atoms with van der Waals surface area (Å²) in [6.07, 6.45) is 6.96. The molecular weight excluding hydrogens is 402 g/mol. The highest BCUT2D eigenvalue weighted by Crippen LogP contribution is 2.56. The largest absolute Gasteiger partial charge is 0.396 e. The molecule has 1 saturated carbocycles. The Morgan fingerprint density at radius 2 is 1.69 bits per heavy atom. The molecule has 1 atom stereocenters. The zero-order valence-corrected chi connectivity index (χ0v) is 19.8. The predicted molar refractivity (Wildman–Crippen MR) is 126 cm³/mol. The summed E-state index contributed by atoms with van der Waals surface area (Å²) in [7, 11) is 0. The van der Waals surface area contributed by atoms with Crippen molar-refractivity contribution in [2.24, 2.45) is 16.7 Å². The van der Waals surface area contributed by atoms with Gasteiger partial charge in [0.1, 0.15) is 5.78 Å². The maximum Gasteiger partial charge on any atom is 0.228 e. The van der Waals surface area contributed by atoms with Crippen molar-refractivity contribution in [2.45, 2.75) is 78.1 Å². The van der Waals surface area contributed by atoms with Gasteiger partial charge in [-0.1, -0.05) is 38.1 Å². The molecule has 0 amide bonds. The number of hydrogen-bond donors (Lipinski definition) is 2. The van der Waals surface area contributed by atoms with E-state index in [9.17, 15) is 14.4 Å². The van der Waals surface area contributed by atoms with Crippen LogP contribution in [-0.4, -0.2) is 42.2 Å². The Hall–Kier alpha value is -1.85. The average Bonchev–Trinajstić information content (AvgIpc) is 3.12. The zero-order valence-electron chi connectivity index (χ0n) is 19.8. The molecule has 1 spiro atoms. The van der Waals surface area contributed by atoms with Crippen molar-refractivity contribution < 1.29 is 19.5 Å². The molecule has 1 aromatic rings. The van der Waals surface area contributed by atoms with Crippen LogP contribution in [0.1, 0.15) is 87.6 Å². The van der Waals surface area contributed by atoms with Crippen molar-refractivity contribution in [3.05, 3.63) is 35.4 Å². The van der Waals surface area contributed by atoms with Crippen LogP contribution in [0.2, 0.25) is 0 Å². The van der Waals surface area contributed by atoms with E-state index in [-0.39, 0.29) is 24.2 Å². The molecule has 2 aliphatic rings. The van der Waals surface area contributed by atoms with E-state index in [0.717, 1.165) is 44.3 Å². The lowest BCUT2D eigenvalue weighted by Crippen LogP contribution is -2.39. The van der Waals surface area contributed by atoms with Gasteiger partial charge in [0.05, 0.1) is 0 Å². The highest BCUT2D eigenvalue weighted by atomic mass is 16.3. The summed E-state index contributed by atoms with van der Waals surface area (Å²) in [6, 6.07) is 7.35. The van der Waals surface area contributed by atoms with Gasteiger partial charge in [-0.3, -0.25) is 14.4 Å². The van der Waals surface area contributed by atoms with Gasteiger partial charge in [0.2, 0.25) is 11.6 Å². The molecule has 1 aliphatic heterocycles. The van der Waals surface area contributed by atoms with Crippen molar-refractivity contribution in [3.63, 3.8) is 0 Å². The van der Waals surface area contributed by atoms with Crippen LogP contribution in [0.5, 0.6) is 0 Å². The van der Waals surface area contributed by atoms with Gasteiger partial charge < -0.3 is 10.4 Å². The normalized spacial score (nSPS) is 22.4. The molecule has 1 aromatic carbocycles. The molecule has 0 radical (unpaired) electrons. The summed E-state index contributed by atoms with van der Waals surface area (Å²) in [4.78, 5) is 39.4. The summed E-state index contributed by atoms with van der Waals surface area (Å²) in [5.41, 5.74) is 0.958. The maximum atomic E-state index is 13.3. The van der Waals surface area contributed by atoms with E-state index in [0.29, 0.717) is 43.6 Å². The lowest BCUT2D eigenvalue weighted by atomic mass is 9.69. The molecule has 5 heteroatoms. The number of nitrogens with one attached hydrogen (secondary N) is 1. The molecule has 0 aromatic heterocycles. The first kappa shape index (κ1) is 24.8. The first-order valence-corrected chi connectivity index (χ1v) is 12.3. The smallest absolute Gasteiger partial charge is 0.228 e. The Balaban J connectivity index is 1.74. The molecule has 3 rings (SSSR count). The monoisotopic (exact) mass is 441 g/mol. The Labute approximate surface area is 192 Å². The molecule has 1 saturated heterocycles. The van der Waals surface area contributed by atoms with Gasteiger partial charge in [-0.2, -0.15) is 0 Å². The summed E-state index contributed by atoms with van der Waals surface area (Å²) in [5.74, 6) is -0.285. The van der Waals surface area contributed by atoms with Crippen LogP contribution in [0, 0.1) is 16.7 Å². The summed E-state index contributed by atoms with van der Waals surface area (Å²) >= 11 is 0. The van der Waals surface area contributed by atoms with Crippen molar-refractivity contribution in [2.75, 3.05) is 19.7 Å². The first-order chi connectivity index (χ1) is 15.3. The molecule has 176 valence electrons. The van der Waals surface area contributed by atoms with E-state index in [2.05, 4.69) is 19.2 Å². The van der Waals surface area contributed by atoms with Crippen LogP contribution in [0.15, 0.2) is 24.3 Å². The van der Waals surface area contributed by atoms with Crippen LogP contribution in [0.25, 0.3) is 0 Å². The molecule has 1 unspecified atom stereocenters. The van der Waals surface area contributed by atoms with Crippen molar-refractivity contribution in [3.8, 4) is 0 Å². The zero-order chi connectivity index (χ0) is 23.2. The molecule has 1 heterocycles. The van der Waals surface area contributed by atoms with E-state index >= 15 is 0 Å². The third-order valence-electron chi connectivity index (χ3n) is 7.53. The van der Waals surface area contributed by atoms with E-state index < -0.39 is 17.0 Å². The van der Waals surface area contributed by atoms with Crippen molar-refractivity contribution in [1.29, 1.82) is 0 Å². The summed E-state index contributed by atoms with van der Waals surface area (Å²) in [6.45, 7) is 6.27. The topological polar surface area (TPSA) is 83.5 Å². The fourth-order valence-electron chi connectivity index (χ4n) is 5.75. The Morgan fingerprint density at radius 1 is 1.00 bits per heavy atom. The van der Waals surface area contributed by atoms with Crippen LogP contribution in [0.3, 0.4) is 0 Å². The minimum Gasteiger partial charge on any atom is -0.396 e. The number of benzene rings is 1. The van der Waals surface area contributed by atoms with Gasteiger partial charge in [-0.15, -0.1) is 0 Å². The number of ketones is 3. The third-order valence-corrected chi connectivity index (χ3v) is 7.53. The highest BCUT2D eigenvalue weighted by Gasteiger charge is 2.52. The minimum atomic E-state index is -0.725. The second kappa shape index (κ2) is 10.8. The lowest BCUT2D eigenvalue weighted by Gasteiger charge is -2.36. The summed E-state index contributed by atoms with van der Waals surface area (Å²) in [5, 5.41) is 12.5. The predicted octanol–water partition coefficient (Wildman–Crippen LogP) is 4.30. The van der Waals surface area contributed by atoms with Crippen molar-refractivity contribution >= 4 is 17.3 Å². The number of carbonyl (C=O) groups is 3. The maximum absolute atomic E-state index is 13.3. The Morgan fingerprint density at radius 3 is 2.31 bits per heavy atom. The number of hydrogen-bond acceptors (Lipinski definition) is 5. The quantitative estimate of drug-likeness (QED) is 0.304. The molecule has 2 N–H and O–H groups in total. The Bertz CT molecular complexity index is 807. The van der Waals surface area contributed by atoms with Crippen LogP contribution >= 0.6 is 0 Å². The second-order valence-electron chi connectivity index (χ2n) is 10.5. The molecule has 1 aliphatic carbocycles. The second-order valence-corrected chi connectivity index (χ2v) is 10.5. The van der Waals surface area contributed by atoms with E-state index in [1.807, 2.05) is 12.1 Å². The number of carbonyl (C=O) groups excluding carboxylic acids is 3. The van der Waals surface area contributed by atoms with Gasteiger partial charge in [-0.25, -0.2) is 0 Å². The van der Waals surface area contributed by atoms with Crippen molar-refractivity contribution in [1.82, 2.24) is 5.32 Å². The van der Waals surface area contributed by atoms with Gasteiger partial charge >= 0.3 is 0 Å². The molecular formula is C27H39NO4. The highest BCUT2D eigenvalue weighted by molar-refractivity contribution is 6.44. The van der Waals surface area contributed by atoms with E-state index in [4.69, 9.17) is 5.11 Å². The van der Waals surface area contributed by atoms with Gasteiger partial charge in [0.15, 0.2) is 0 Å². The fourth-order valence-corrected chi connectivity index (χ4v) is 5.75. The number of Topliss-reactive ketones (excluding diaryl/α,β-unsaturated/α-hetero) is 3. The number of aliphatic hydroxyl groups excluding tert-OH is 1. The lowest BCUT2D eigenvalue weighted by molar-refractivity contribution is -0.133. The van der Waals surface area contributed by atoms with Gasteiger partial charge in [0.25, 0.3) is 0 Å². The average molecular weight is 442 g/mol. The molecule has 32 heavy (non-hydrogen) atoms. The minimum absolute atomic E-state index is 0.0206. The third kappa shape index (κ3) is 5.93. The van der Waals surface area contributed by atoms with Crippen LogP contribution in [0.4, 0.5) is 0 Å². The number of rotatable bonds is 11. The molecule has 5 nitrogen and oxygen atoms in total. The van der Waals surface area contributed by atoms with E-state index in [1.54, 1.807) is 12.1 Å². The standard InChI is InChI=1S/C27H39NO4/c1-20(2)17-21-6-8-22(9-7-21)25(32)23(30)18-27(24(31)5-3-4-16-29)11-10-26(19-27)12-14-28-15-13-26/h6-9,20,28-29H,3-5,10-19H2,1-2H3. The number of aliphatic hydroxyl groups is 1. The van der Waals surface area contributed by atoms with Gasteiger partial charge in [0, 0.05) is 30.4 Å². The van der Waals surface area contributed by atoms with Crippen LogP contribution in [-0.2, 0) is 16.0 Å². The summed E-state index contributed by atoms with van der Waals surface area (Å²) < 4.78 is 0. The Kier molecular flexibility index (Phi) is 8.40. The molecule has 2 fully saturated rings. The van der Waals surface area contributed by atoms with Gasteiger partial charge in [-0.05, 0) is 81.4 Å². The number of piperidine rings is 1. The first-order valence-electron chi connectivity index (χ1n) is 12.3. The SMILES string of the molecule is CC(C)Cc1ccc(C(=O)C(=O)CC2(C(=O)CCCCO)CCC3(CCNCC3)C2)cc1. The fraction of sp³-hybridized carbons (Fsp3) is 0.667. The van der Waals surface area contributed by atoms with Crippen LogP contribution < -0.4 is 5.32 Å². The van der Waals surface area contributed by atoms with E-state index in [1.165, 1.54) is 0 Å². The number of unbranched alkanes of at least 4 members (excludes halogenated alkanes) is 1.